The summed E-state index contributed by atoms with van der Waals surface area (Å²) in [6.45, 7) is 0. The van der Waals surface area contributed by atoms with E-state index in [-0.39, 0.29) is 0 Å². The largest absolute Gasteiger partial charge is 0.496 e. The lowest BCUT2D eigenvalue weighted by Crippen LogP contribution is -2.05. The number of methoxy groups -OCH3 is 1. The van der Waals surface area contributed by atoms with Crippen molar-refractivity contribution < 1.29 is 4.74 Å². The molecule has 100 valence electrons. The smallest absolute Gasteiger partial charge is 0.122 e. The predicted molar refractivity (Wildman–Crippen MR) is 87.4 cm³/mol. The Balaban J connectivity index is 2.24. The molecule has 0 spiro atoms. The molecule has 0 fully saturated rings. The molecule has 0 aliphatic rings. The van der Waals surface area contributed by atoms with Crippen LogP contribution in [0.3, 0.4) is 0 Å². The first kappa shape index (κ1) is 14.6. The minimum Gasteiger partial charge on any atom is -0.496 e. The minimum absolute atomic E-state index is 0.439. The lowest BCUT2D eigenvalue weighted by molar-refractivity contribution is 0.408. The summed E-state index contributed by atoms with van der Waals surface area (Å²) < 4.78 is 6.55. The number of para-hydroxylation sites is 1. The van der Waals surface area contributed by atoms with Crippen molar-refractivity contribution in [1.29, 1.82) is 0 Å². The molecule has 1 unspecified atom stereocenters. The van der Waals surface area contributed by atoms with Gasteiger partial charge in [-0.25, -0.2) is 0 Å². The summed E-state index contributed by atoms with van der Waals surface area (Å²) in [5.41, 5.74) is 2.58. The molecule has 0 aliphatic carbocycles. The van der Waals surface area contributed by atoms with Gasteiger partial charge in [-0.2, -0.15) is 0 Å². The van der Waals surface area contributed by atoms with Gasteiger partial charge in [0.1, 0.15) is 5.75 Å². The van der Waals surface area contributed by atoms with Crippen LogP contribution in [0.25, 0.3) is 0 Å². The fourth-order valence-corrected chi connectivity index (χ4v) is 3.18. The van der Waals surface area contributed by atoms with Crippen LogP contribution < -0.4 is 4.74 Å². The number of benzene rings is 2. The van der Waals surface area contributed by atoms with Crippen molar-refractivity contribution in [2.75, 3.05) is 12.4 Å². The van der Waals surface area contributed by atoms with Crippen molar-refractivity contribution in [2.24, 2.45) is 0 Å². The van der Waals surface area contributed by atoms with Crippen LogP contribution in [0.5, 0.6) is 5.75 Å². The molecule has 3 heteroatoms. The highest BCUT2D eigenvalue weighted by Gasteiger charge is 2.13. The monoisotopic (exact) mass is 382 g/mol. The van der Waals surface area contributed by atoms with E-state index in [1.807, 2.05) is 12.1 Å². The van der Waals surface area contributed by atoms with Crippen LogP contribution in [0.15, 0.2) is 53.0 Å². The van der Waals surface area contributed by atoms with Crippen molar-refractivity contribution in [2.45, 2.75) is 12.3 Å². The Morgan fingerprint density at radius 1 is 1.11 bits per heavy atom. The van der Waals surface area contributed by atoms with Gasteiger partial charge in [0.25, 0.3) is 0 Å². The van der Waals surface area contributed by atoms with E-state index in [4.69, 9.17) is 4.74 Å². The lowest BCUT2D eigenvalue weighted by atomic mass is 9.93. The highest BCUT2D eigenvalue weighted by Crippen LogP contribution is 2.29. The minimum atomic E-state index is 0.439. The first-order valence-electron chi connectivity index (χ1n) is 6.18. The third kappa shape index (κ3) is 3.83. The molecule has 2 rings (SSSR count). The predicted octanol–water partition coefficient (Wildman–Crippen LogP) is 5.18. The molecule has 0 aliphatic heterocycles. The number of hydrogen-bond acceptors (Lipinski definition) is 1. The maximum absolute atomic E-state index is 5.43. The molecule has 0 amide bonds. The standard InChI is InChI=1S/C16H16Br2O/c1-19-16-8-3-2-5-13(16)9-14(11-17)12-6-4-7-15(18)10-12/h2-8,10,14H,9,11H2,1H3. The Kier molecular flexibility index (Phi) is 5.46. The average molecular weight is 384 g/mol. The SMILES string of the molecule is COc1ccccc1CC(CBr)c1cccc(Br)c1. The number of rotatable bonds is 5. The van der Waals surface area contributed by atoms with Gasteiger partial charge in [0.05, 0.1) is 7.11 Å². The molecule has 2 aromatic rings. The average Bonchev–Trinajstić information content (AvgIpc) is 2.45. The van der Waals surface area contributed by atoms with E-state index >= 15 is 0 Å². The summed E-state index contributed by atoms with van der Waals surface area (Å²) in [5.74, 6) is 1.40. The molecule has 0 bridgehead atoms. The van der Waals surface area contributed by atoms with E-state index < -0.39 is 0 Å². The molecule has 0 N–H and O–H groups in total. The summed E-state index contributed by atoms with van der Waals surface area (Å²) in [5, 5.41) is 0.932. The Bertz CT molecular complexity index is 540. The number of hydrogen-bond donors (Lipinski definition) is 0. The van der Waals surface area contributed by atoms with Crippen LogP contribution in [-0.2, 0) is 6.42 Å². The Hall–Kier alpha value is -0.800. The molecule has 1 nitrogen and oxygen atoms in total. The highest BCUT2D eigenvalue weighted by atomic mass is 79.9. The van der Waals surface area contributed by atoms with E-state index in [0.717, 1.165) is 22.0 Å². The maximum atomic E-state index is 5.43. The van der Waals surface area contributed by atoms with E-state index in [1.165, 1.54) is 11.1 Å². The normalized spacial score (nSPS) is 12.2. The van der Waals surface area contributed by atoms with Gasteiger partial charge in [-0.15, -0.1) is 0 Å². The van der Waals surface area contributed by atoms with E-state index in [0.29, 0.717) is 5.92 Å². The summed E-state index contributed by atoms with van der Waals surface area (Å²) in [6, 6.07) is 16.7. The molecule has 0 saturated heterocycles. The molecule has 0 radical (unpaired) electrons. The molecule has 2 aromatic carbocycles. The van der Waals surface area contributed by atoms with Gasteiger partial charge in [-0.1, -0.05) is 62.2 Å². The third-order valence-corrected chi connectivity index (χ3v) is 4.44. The number of alkyl halides is 1. The van der Waals surface area contributed by atoms with Crippen molar-refractivity contribution in [3.05, 3.63) is 64.1 Å². The van der Waals surface area contributed by atoms with Gasteiger partial charge in [0.15, 0.2) is 0 Å². The second-order valence-electron chi connectivity index (χ2n) is 4.42. The molecule has 0 heterocycles. The van der Waals surface area contributed by atoms with Gasteiger partial charge < -0.3 is 4.74 Å². The molecule has 0 aromatic heterocycles. The number of halogens is 2. The fourth-order valence-electron chi connectivity index (χ4n) is 2.16. The quantitative estimate of drug-likeness (QED) is 0.646. The van der Waals surface area contributed by atoms with Gasteiger partial charge >= 0.3 is 0 Å². The molecule has 19 heavy (non-hydrogen) atoms. The van der Waals surface area contributed by atoms with Crippen LogP contribution in [0.4, 0.5) is 0 Å². The van der Waals surface area contributed by atoms with Gasteiger partial charge in [0, 0.05) is 9.80 Å². The first-order valence-corrected chi connectivity index (χ1v) is 8.09. The first-order chi connectivity index (χ1) is 9.24. The van der Waals surface area contributed by atoms with Crippen molar-refractivity contribution in [3.63, 3.8) is 0 Å². The van der Waals surface area contributed by atoms with Crippen LogP contribution in [0.2, 0.25) is 0 Å². The van der Waals surface area contributed by atoms with Crippen LogP contribution in [0.1, 0.15) is 17.0 Å². The number of ether oxygens (including phenoxy) is 1. The fraction of sp³-hybridized carbons (Fsp3) is 0.250. The summed E-state index contributed by atoms with van der Waals surface area (Å²) in [7, 11) is 1.72. The maximum Gasteiger partial charge on any atom is 0.122 e. The zero-order chi connectivity index (χ0) is 13.7. The molecule has 1 atom stereocenters. The van der Waals surface area contributed by atoms with E-state index in [9.17, 15) is 0 Å². The Morgan fingerprint density at radius 2 is 1.89 bits per heavy atom. The Labute approximate surface area is 131 Å². The topological polar surface area (TPSA) is 9.23 Å². The van der Waals surface area contributed by atoms with E-state index in [2.05, 4.69) is 68.3 Å². The molecule has 0 saturated carbocycles. The molecular formula is C16H16Br2O. The zero-order valence-electron chi connectivity index (χ0n) is 10.8. The summed E-state index contributed by atoms with van der Waals surface area (Å²) in [4.78, 5) is 0. The van der Waals surface area contributed by atoms with Crippen LogP contribution >= 0.6 is 31.9 Å². The van der Waals surface area contributed by atoms with Crippen molar-refractivity contribution >= 4 is 31.9 Å². The van der Waals surface area contributed by atoms with Crippen LogP contribution in [0, 0.1) is 0 Å². The second kappa shape index (κ2) is 7.11. The van der Waals surface area contributed by atoms with Gasteiger partial charge in [-0.05, 0) is 41.7 Å². The summed E-state index contributed by atoms with van der Waals surface area (Å²) >= 11 is 7.16. The summed E-state index contributed by atoms with van der Waals surface area (Å²) in [6.07, 6.45) is 0.964. The van der Waals surface area contributed by atoms with Crippen molar-refractivity contribution in [3.8, 4) is 5.75 Å². The van der Waals surface area contributed by atoms with E-state index in [1.54, 1.807) is 7.11 Å². The molecular weight excluding hydrogens is 368 g/mol. The second-order valence-corrected chi connectivity index (χ2v) is 5.99. The van der Waals surface area contributed by atoms with Gasteiger partial charge in [0.2, 0.25) is 0 Å². The van der Waals surface area contributed by atoms with Crippen molar-refractivity contribution in [1.82, 2.24) is 0 Å². The lowest BCUT2D eigenvalue weighted by Gasteiger charge is -2.17. The van der Waals surface area contributed by atoms with Crippen LogP contribution in [-0.4, -0.2) is 12.4 Å². The third-order valence-electron chi connectivity index (χ3n) is 3.17. The Morgan fingerprint density at radius 3 is 2.58 bits per heavy atom. The highest BCUT2D eigenvalue weighted by molar-refractivity contribution is 9.10. The zero-order valence-corrected chi connectivity index (χ0v) is 13.9. The van der Waals surface area contributed by atoms with Gasteiger partial charge in [-0.3, -0.25) is 0 Å².